The van der Waals surface area contributed by atoms with Crippen molar-refractivity contribution in [3.63, 3.8) is 0 Å². The Hall–Kier alpha value is -0.530. The number of carbonyl (C=O) groups excluding carboxylic acids is 1. The fraction of sp³-hybridized carbons (Fsp3) is 0.923. The van der Waals surface area contributed by atoms with Gasteiger partial charge < -0.3 is 5.32 Å². The molecule has 88 valence electrons. The van der Waals surface area contributed by atoms with Crippen molar-refractivity contribution in [2.75, 3.05) is 6.54 Å². The number of hydrogen-bond donors (Lipinski definition) is 1. The van der Waals surface area contributed by atoms with Gasteiger partial charge in [-0.2, -0.15) is 0 Å². The van der Waals surface area contributed by atoms with E-state index in [4.69, 9.17) is 0 Å². The quantitative estimate of drug-likeness (QED) is 0.761. The molecule has 1 N–H and O–H groups in total. The van der Waals surface area contributed by atoms with Crippen LogP contribution >= 0.6 is 0 Å². The van der Waals surface area contributed by atoms with Gasteiger partial charge in [0.25, 0.3) is 0 Å². The van der Waals surface area contributed by atoms with Gasteiger partial charge in [-0.1, -0.05) is 52.9 Å². The first-order valence-corrected chi connectivity index (χ1v) is 6.39. The Morgan fingerprint density at radius 3 is 2.33 bits per heavy atom. The van der Waals surface area contributed by atoms with E-state index in [2.05, 4.69) is 12.2 Å². The first-order chi connectivity index (χ1) is 7.11. The van der Waals surface area contributed by atoms with Crippen LogP contribution in [0.3, 0.4) is 0 Å². The number of hydrogen-bond acceptors (Lipinski definition) is 1. The summed E-state index contributed by atoms with van der Waals surface area (Å²) in [5.41, 5.74) is 0. The second kappa shape index (κ2) is 6.14. The zero-order chi connectivity index (χ0) is 11.3. The maximum atomic E-state index is 11.4. The van der Waals surface area contributed by atoms with Crippen LogP contribution in [0, 0.1) is 17.8 Å². The fourth-order valence-corrected chi connectivity index (χ4v) is 2.34. The van der Waals surface area contributed by atoms with E-state index in [0.29, 0.717) is 5.92 Å². The molecule has 2 heteroatoms. The molecule has 1 fully saturated rings. The van der Waals surface area contributed by atoms with Crippen molar-refractivity contribution in [2.45, 2.75) is 52.9 Å². The van der Waals surface area contributed by atoms with E-state index in [1.165, 1.54) is 32.1 Å². The van der Waals surface area contributed by atoms with Crippen molar-refractivity contribution in [1.82, 2.24) is 5.32 Å². The Kier molecular flexibility index (Phi) is 5.13. The summed E-state index contributed by atoms with van der Waals surface area (Å²) >= 11 is 0. The molecule has 1 aliphatic rings. The average Bonchev–Trinajstić information content (AvgIpc) is 2.26. The SMILES string of the molecule is CC(C)C(=O)NCC(C)C1CCCCC1. The molecule has 0 bridgehead atoms. The van der Waals surface area contributed by atoms with Gasteiger partial charge in [0.1, 0.15) is 0 Å². The highest BCUT2D eigenvalue weighted by Gasteiger charge is 2.20. The van der Waals surface area contributed by atoms with Crippen molar-refractivity contribution >= 4 is 5.91 Å². The van der Waals surface area contributed by atoms with E-state index >= 15 is 0 Å². The minimum absolute atomic E-state index is 0.114. The van der Waals surface area contributed by atoms with Crippen LogP contribution in [0.2, 0.25) is 0 Å². The summed E-state index contributed by atoms with van der Waals surface area (Å²) in [6.07, 6.45) is 6.89. The normalized spacial score (nSPS) is 20.3. The van der Waals surface area contributed by atoms with Crippen LogP contribution in [0.4, 0.5) is 0 Å². The molecule has 1 unspecified atom stereocenters. The van der Waals surface area contributed by atoms with Gasteiger partial charge in [0, 0.05) is 12.5 Å². The molecule has 0 spiro atoms. The molecule has 1 aliphatic carbocycles. The summed E-state index contributed by atoms with van der Waals surface area (Å²) in [6.45, 7) is 7.03. The van der Waals surface area contributed by atoms with Crippen molar-refractivity contribution < 1.29 is 4.79 Å². The molecule has 0 radical (unpaired) electrons. The lowest BCUT2D eigenvalue weighted by atomic mass is 9.81. The third kappa shape index (κ3) is 4.23. The molecule has 2 nitrogen and oxygen atoms in total. The number of amides is 1. The molecular weight excluding hydrogens is 186 g/mol. The molecule has 1 rings (SSSR count). The molecule has 0 aromatic carbocycles. The van der Waals surface area contributed by atoms with E-state index in [0.717, 1.165) is 12.5 Å². The standard InChI is InChI=1S/C13H25NO/c1-10(2)13(15)14-9-11(3)12-7-5-4-6-8-12/h10-12H,4-9H2,1-3H3,(H,14,15). The topological polar surface area (TPSA) is 29.1 Å². The molecule has 1 saturated carbocycles. The number of nitrogens with one attached hydrogen (secondary N) is 1. The van der Waals surface area contributed by atoms with Crippen LogP contribution in [0.5, 0.6) is 0 Å². The Balaban J connectivity index is 2.22. The summed E-state index contributed by atoms with van der Waals surface area (Å²) in [4.78, 5) is 11.4. The van der Waals surface area contributed by atoms with Crippen LogP contribution in [0.15, 0.2) is 0 Å². The first-order valence-electron chi connectivity index (χ1n) is 6.39. The smallest absolute Gasteiger partial charge is 0.222 e. The van der Waals surface area contributed by atoms with Gasteiger partial charge in [-0.25, -0.2) is 0 Å². The van der Waals surface area contributed by atoms with Crippen LogP contribution in [0.1, 0.15) is 52.9 Å². The van der Waals surface area contributed by atoms with E-state index in [1.807, 2.05) is 13.8 Å². The lowest BCUT2D eigenvalue weighted by Gasteiger charge is -2.27. The largest absolute Gasteiger partial charge is 0.356 e. The van der Waals surface area contributed by atoms with Gasteiger partial charge >= 0.3 is 0 Å². The summed E-state index contributed by atoms with van der Waals surface area (Å²) in [5.74, 6) is 1.79. The Morgan fingerprint density at radius 2 is 1.80 bits per heavy atom. The Labute approximate surface area is 93.8 Å². The minimum atomic E-state index is 0.114. The molecule has 15 heavy (non-hydrogen) atoms. The Morgan fingerprint density at radius 1 is 1.20 bits per heavy atom. The maximum absolute atomic E-state index is 11.4. The zero-order valence-corrected chi connectivity index (χ0v) is 10.4. The third-order valence-corrected chi connectivity index (χ3v) is 3.58. The van der Waals surface area contributed by atoms with Gasteiger partial charge in [0.15, 0.2) is 0 Å². The lowest BCUT2D eigenvalue weighted by molar-refractivity contribution is -0.124. The van der Waals surface area contributed by atoms with Gasteiger partial charge in [0.2, 0.25) is 5.91 Å². The molecule has 0 saturated heterocycles. The summed E-state index contributed by atoms with van der Waals surface area (Å²) < 4.78 is 0. The molecule has 0 aromatic heterocycles. The van der Waals surface area contributed by atoms with E-state index in [9.17, 15) is 4.79 Å². The van der Waals surface area contributed by atoms with Crippen molar-refractivity contribution in [3.8, 4) is 0 Å². The lowest BCUT2D eigenvalue weighted by Crippen LogP contribution is -2.34. The monoisotopic (exact) mass is 211 g/mol. The molecule has 1 amide bonds. The summed E-state index contributed by atoms with van der Waals surface area (Å²) in [7, 11) is 0. The van der Waals surface area contributed by atoms with Crippen molar-refractivity contribution in [2.24, 2.45) is 17.8 Å². The highest BCUT2D eigenvalue weighted by molar-refractivity contribution is 5.77. The minimum Gasteiger partial charge on any atom is -0.356 e. The van der Waals surface area contributed by atoms with E-state index < -0.39 is 0 Å². The molecule has 0 heterocycles. The maximum Gasteiger partial charge on any atom is 0.222 e. The first kappa shape index (κ1) is 12.5. The third-order valence-electron chi connectivity index (χ3n) is 3.58. The number of carbonyl (C=O) groups is 1. The molecule has 0 aromatic rings. The molecule has 1 atom stereocenters. The second-order valence-corrected chi connectivity index (χ2v) is 5.28. The van der Waals surface area contributed by atoms with Gasteiger partial charge in [0.05, 0.1) is 0 Å². The second-order valence-electron chi connectivity index (χ2n) is 5.28. The Bertz CT molecular complexity index is 195. The predicted octanol–water partition coefficient (Wildman–Crippen LogP) is 2.98. The fourth-order valence-electron chi connectivity index (χ4n) is 2.34. The van der Waals surface area contributed by atoms with Crippen molar-refractivity contribution in [3.05, 3.63) is 0 Å². The summed E-state index contributed by atoms with van der Waals surface area (Å²) in [6, 6.07) is 0. The van der Waals surface area contributed by atoms with Gasteiger partial charge in [-0.05, 0) is 11.8 Å². The highest BCUT2D eigenvalue weighted by atomic mass is 16.1. The predicted molar refractivity (Wildman–Crippen MR) is 63.6 cm³/mol. The van der Waals surface area contributed by atoms with Crippen LogP contribution in [0.25, 0.3) is 0 Å². The summed E-state index contributed by atoms with van der Waals surface area (Å²) in [5, 5.41) is 3.04. The highest BCUT2D eigenvalue weighted by Crippen LogP contribution is 2.29. The van der Waals surface area contributed by atoms with E-state index in [1.54, 1.807) is 0 Å². The average molecular weight is 211 g/mol. The molecular formula is C13H25NO. The molecule has 0 aliphatic heterocycles. The van der Waals surface area contributed by atoms with Gasteiger partial charge in [-0.3, -0.25) is 4.79 Å². The van der Waals surface area contributed by atoms with Crippen LogP contribution in [-0.4, -0.2) is 12.5 Å². The van der Waals surface area contributed by atoms with E-state index in [-0.39, 0.29) is 11.8 Å². The van der Waals surface area contributed by atoms with Crippen LogP contribution in [-0.2, 0) is 4.79 Å². The van der Waals surface area contributed by atoms with Gasteiger partial charge in [-0.15, -0.1) is 0 Å². The number of rotatable bonds is 4. The zero-order valence-electron chi connectivity index (χ0n) is 10.4. The van der Waals surface area contributed by atoms with Crippen molar-refractivity contribution in [1.29, 1.82) is 0 Å². The van der Waals surface area contributed by atoms with Crippen LogP contribution < -0.4 is 5.32 Å².